The molecule has 5 aromatic rings. The summed E-state index contributed by atoms with van der Waals surface area (Å²) in [5, 5.41) is 13.0. The maximum absolute atomic E-state index is 12.8. The molecule has 3 aromatic carbocycles. The van der Waals surface area contributed by atoms with Gasteiger partial charge in [-0.15, -0.1) is 5.10 Å². The highest BCUT2D eigenvalue weighted by atomic mass is 16.6. The topological polar surface area (TPSA) is 103 Å². The Morgan fingerprint density at radius 3 is 2.55 bits per heavy atom. The average molecular weight is 538 g/mol. The molecule has 0 aliphatic carbocycles. The van der Waals surface area contributed by atoms with Gasteiger partial charge < -0.3 is 14.5 Å². The van der Waals surface area contributed by atoms with Crippen molar-refractivity contribution in [3.8, 4) is 17.2 Å². The average Bonchev–Trinajstić information content (AvgIpc) is 3.62. The predicted molar refractivity (Wildman–Crippen MR) is 150 cm³/mol. The zero-order valence-electron chi connectivity index (χ0n) is 22.1. The van der Waals surface area contributed by atoms with Crippen LogP contribution in [-0.2, 0) is 6.42 Å². The molecule has 2 aliphatic rings. The van der Waals surface area contributed by atoms with E-state index in [0.29, 0.717) is 19.0 Å². The van der Waals surface area contributed by atoms with Gasteiger partial charge in [-0.1, -0.05) is 42.5 Å². The molecule has 0 saturated carbocycles. The van der Waals surface area contributed by atoms with Crippen LogP contribution in [0, 0.1) is 0 Å². The molecule has 10 heteroatoms. The molecular weight excluding hydrogens is 506 g/mol. The highest BCUT2D eigenvalue weighted by Gasteiger charge is 2.32. The summed E-state index contributed by atoms with van der Waals surface area (Å²) >= 11 is 0. The van der Waals surface area contributed by atoms with Crippen LogP contribution in [0.3, 0.4) is 0 Å². The molecule has 1 fully saturated rings. The van der Waals surface area contributed by atoms with Crippen molar-refractivity contribution in [2.45, 2.75) is 37.8 Å². The number of piperidine rings is 1. The van der Waals surface area contributed by atoms with Crippen LogP contribution < -0.4 is 15.2 Å². The summed E-state index contributed by atoms with van der Waals surface area (Å²) in [6.45, 7) is 2.74. The molecule has 2 aliphatic heterocycles. The van der Waals surface area contributed by atoms with Crippen molar-refractivity contribution in [3.63, 3.8) is 0 Å². The summed E-state index contributed by atoms with van der Waals surface area (Å²) < 4.78 is 15.3. The highest BCUT2D eigenvalue weighted by molar-refractivity contribution is 5.75. The largest absolute Gasteiger partial charge is 0.486 e. The summed E-state index contributed by atoms with van der Waals surface area (Å²) in [5.74, 6) is 2.24. The molecule has 0 amide bonds. The number of aryl methyl sites for hydroxylation is 1. The van der Waals surface area contributed by atoms with Crippen LogP contribution in [0.1, 0.15) is 42.7 Å². The fourth-order valence-corrected chi connectivity index (χ4v) is 6.06. The molecule has 0 radical (unpaired) electrons. The monoisotopic (exact) mass is 537 g/mol. The lowest BCUT2D eigenvalue weighted by atomic mass is 9.98. The van der Waals surface area contributed by atoms with Gasteiger partial charge in [-0.2, -0.15) is 4.68 Å². The molecular formula is C30H31N7O3. The number of imidazole rings is 1. The number of para-hydroxylation sites is 2. The number of hydrogen-bond donors (Lipinski definition) is 1. The van der Waals surface area contributed by atoms with Crippen molar-refractivity contribution in [2.75, 3.05) is 26.3 Å². The van der Waals surface area contributed by atoms with E-state index in [2.05, 4.69) is 49.7 Å². The van der Waals surface area contributed by atoms with Crippen LogP contribution >= 0.6 is 0 Å². The van der Waals surface area contributed by atoms with Gasteiger partial charge in [-0.3, -0.25) is 9.47 Å². The molecule has 2 aromatic heterocycles. The number of tetrazole rings is 1. The smallest absolute Gasteiger partial charge is 0.326 e. The first-order chi connectivity index (χ1) is 19.7. The fraction of sp³-hybridized carbons (Fsp3) is 0.333. The van der Waals surface area contributed by atoms with Crippen molar-refractivity contribution in [1.29, 1.82) is 0 Å². The van der Waals surface area contributed by atoms with Gasteiger partial charge in [-0.05, 0) is 65.9 Å². The van der Waals surface area contributed by atoms with E-state index < -0.39 is 0 Å². The molecule has 10 nitrogen and oxygen atoms in total. The zero-order chi connectivity index (χ0) is 26.9. The van der Waals surface area contributed by atoms with E-state index >= 15 is 0 Å². The Balaban J connectivity index is 1.17. The maximum atomic E-state index is 12.8. The molecule has 40 heavy (non-hydrogen) atoms. The number of fused-ring (bicyclic) bond motifs is 2. The first kappa shape index (κ1) is 24.6. The van der Waals surface area contributed by atoms with Crippen LogP contribution in [0.15, 0.2) is 77.6 Å². The lowest BCUT2D eigenvalue weighted by Crippen LogP contribution is -2.40. The fourth-order valence-electron chi connectivity index (χ4n) is 6.06. The van der Waals surface area contributed by atoms with Gasteiger partial charge in [0.2, 0.25) is 0 Å². The van der Waals surface area contributed by atoms with Crippen LogP contribution in [0.4, 0.5) is 0 Å². The van der Waals surface area contributed by atoms with Crippen LogP contribution in [0.5, 0.6) is 11.5 Å². The number of nitrogens with zero attached hydrogens (tertiary/aromatic N) is 6. The van der Waals surface area contributed by atoms with Crippen molar-refractivity contribution in [2.24, 2.45) is 0 Å². The normalized spacial score (nSPS) is 16.8. The lowest BCUT2D eigenvalue weighted by Gasteiger charge is -2.37. The summed E-state index contributed by atoms with van der Waals surface area (Å²) in [4.78, 5) is 18.3. The molecule has 204 valence electrons. The summed E-state index contributed by atoms with van der Waals surface area (Å²) in [6, 6.07) is 24.4. The van der Waals surface area contributed by atoms with Gasteiger partial charge in [0.05, 0.1) is 22.8 Å². The number of likely N-dealkylation sites (tertiary alicyclic amines) is 1. The van der Waals surface area contributed by atoms with Gasteiger partial charge in [0.25, 0.3) is 0 Å². The summed E-state index contributed by atoms with van der Waals surface area (Å²) in [7, 11) is 0. The lowest BCUT2D eigenvalue weighted by molar-refractivity contribution is 0.122. The number of hydrogen-bond acceptors (Lipinski definition) is 7. The van der Waals surface area contributed by atoms with Crippen LogP contribution in [0.25, 0.3) is 16.7 Å². The van der Waals surface area contributed by atoms with Gasteiger partial charge in [0, 0.05) is 25.2 Å². The van der Waals surface area contributed by atoms with E-state index in [9.17, 15) is 4.79 Å². The molecule has 1 saturated heterocycles. The second-order valence-corrected chi connectivity index (χ2v) is 10.4. The van der Waals surface area contributed by atoms with Crippen molar-refractivity contribution < 1.29 is 9.47 Å². The second-order valence-electron chi connectivity index (χ2n) is 10.4. The maximum Gasteiger partial charge on any atom is 0.326 e. The van der Waals surface area contributed by atoms with Gasteiger partial charge in [0.15, 0.2) is 17.3 Å². The Morgan fingerprint density at radius 1 is 0.925 bits per heavy atom. The zero-order valence-corrected chi connectivity index (χ0v) is 22.1. The number of benzene rings is 3. The van der Waals surface area contributed by atoms with E-state index in [-0.39, 0.29) is 17.8 Å². The van der Waals surface area contributed by atoms with Crippen molar-refractivity contribution in [3.05, 3.63) is 94.7 Å². The van der Waals surface area contributed by atoms with E-state index in [1.165, 1.54) is 5.56 Å². The number of aromatic nitrogens is 6. The molecule has 0 bridgehead atoms. The third-order valence-corrected chi connectivity index (χ3v) is 8.04. The standard InChI is InChI=1S/C30H31N7O3/c38-30-31-24-8-4-5-9-25(24)36(30)22-14-16-35(17-15-22)26(12-10-21-6-2-1-3-7-21)29-32-33-34-37(29)23-11-13-27-28(20-23)40-19-18-39-27/h1-9,11,13,20,22,26H,10,12,14-19H2,(H,31,38). The molecule has 1 unspecified atom stereocenters. The highest BCUT2D eigenvalue weighted by Crippen LogP contribution is 2.35. The van der Waals surface area contributed by atoms with E-state index in [4.69, 9.17) is 9.47 Å². The second kappa shape index (κ2) is 10.6. The SMILES string of the molecule is O=c1[nH]c2ccccc2n1C1CCN(C(CCc2ccccc2)c2nnnn2-c2ccc3c(c2)OCCO3)CC1. The number of H-pyrrole nitrogens is 1. The molecule has 4 heterocycles. The van der Waals surface area contributed by atoms with Crippen molar-refractivity contribution >= 4 is 11.0 Å². The summed E-state index contributed by atoms with van der Waals surface area (Å²) in [6.07, 6.45) is 3.51. The van der Waals surface area contributed by atoms with Gasteiger partial charge >= 0.3 is 5.69 Å². The third kappa shape index (κ3) is 4.64. The number of rotatable bonds is 7. The Hall–Kier alpha value is -4.44. The number of aromatic amines is 1. The molecule has 1 atom stereocenters. The van der Waals surface area contributed by atoms with Crippen LogP contribution in [0.2, 0.25) is 0 Å². The van der Waals surface area contributed by atoms with E-state index in [1.807, 2.05) is 57.8 Å². The molecule has 1 N–H and O–H groups in total. The molecule has 7 rings (SSSR count). The van der Waals surface area contributed by atoms with Crippen LogP contribution in [-0.4, -0.2) is 61.0 Å². The van der Waals surface area contributed by atoms with Gasteiger partial charge in [-0.25, -0.2) is 4.79 Å². The minimum Gasteiger partial charge on any atom is -0.486 e. The van der Waals surface area contributed by atoms with Crippen molar-refractivity contribution in [1.82, 2.24) is 34.7 Å². The Bertz CT molecular complexity index is 1670. The minimum atomic E-state index is -0.0390. The molecule has 0 spiro atoms. The van der Waals surface area contributed by atoms with Gasteiger partial charge in [0.1, 0.15) is 13.2 Å². The number of ether oxygens (including phenoxy) is 2. The Labute approximate surface area is 231 Å². The first-order valence-electron chi connectivity index (χ1n) is 13.9. The quantitative estimate of drug-likeness (QED) is 0.334. The first-order valence-corrected chi connectivity index (χ1v) is 13.9. The van der Waals surface area contributed by atoms with E-state index in [0.717, 1.165) is 67.1 Å². The Kier molecular flexibility index (Phi) is 6.52. The summed E-state index contributed by atoms with van der Waals surface area (Å²) in [5.41, 5.74) is 3.94. The minimum absolute atomic E-state index is 0.00375. The number of nitrogens with one attached hydrogen (secondary N) is 1. The third-order valence-electron chi connectivity index (χ3n) is 8.04. The van der Waals surface area contributed by atoms with E-state index in [1.54, 1.807) is 0 Å². The predicted octanol–water partition coefficient (Wildman–Crippen LogP) is 4.09. The Morgan fingerprint density at radius 2 is 1.70 bits per heavy atom.